The molecule has 0 aliphatic carbocycles. The summed E-state index contributed by atoms with van der Waals surface area (Å²) in [6.07, 6.45) is 2.21. The molecule has 0 aliphatic heterocycles. The van der Waals surface area contributed by atoms with Crippen LogP contribution >= 0.6 is 34.0 Å². The summed E-state index contributed by atoms with van der Waals surface area (Å²) in [6.45, 7) is 3.78. The van der Waals surface area contributed by atoms with Gasteiger partial charge in [-0.3, -0.25) is 14.4 Å². The number of primary sulfonamides is 2. The molecule has 3 aromatic heterocycles. The number of rotatable bonds is 18. The highest BCUT2D eigenvalue weighted by Crippen LogP contribution is 2.36. The number of nitrogens with two attached hydrogens (primary N) is 3. The van der Waals surface area contributed by atoms with Gasteiger partial charge in [0.2, 0.25) is 31.2 Å². The van der Waals surface area contributed by atoms with E-state index in [2.05, 4.69) is 49.7 Å². The molecule has 0 saturated heterocycles. The molecule has 9 aromatic rings. The molecular weight excluding hydrogens is 1190 g/mol. The third kappa shape index (κ3) is 19.1. The molecule has 0 aliphatic rings. The Balaban J connectivity index is 0.000000188. The number of carbonyl (C=O) groups excluding carboxylic acids is 3. The zero-order valence-corrected chi connectivity index (χ0v) is 50.4. The van der Waals surface area contributed by atoms with E-state index in [0.29, 0.717) is 17.6 Å². The first-order valence-corrected chi connectivity index (χ1v) is 34.6. The van der Waals surface area contributed by atoms with Gasteiger partial charge in [-0.1, -0.05) is 109 Å². The second-order valence-corrected chi connectivity index (χ2v) is 28.8. The molecule has 0 fully saturated rings. The van der Waals surface area contributed by atoms with Crippen molar-refractivity contribution in [1.29, 1.82) is 0 Å². The lowest BCUT2D eigenvalue weighted by Gasteiger charge is -2.12. The van der Waals surface area contributed by atoms with Crippen LogP contribution in [0.2, 0.25) is 0 Å². The summed E-state index contributed by atoms with van der Waals surface area (Å²) >= 11 is 3.87. The van der Waals surface area contributed by atoms with Gasteiger partial charge in [-0.05, 0) is 83.6 Å². The van der Waals surface area contributed by atoms with Crippen molar-refractivity contribution < 1.29 is 57.5 Å². The van der Waals surface area contributed by atoms with Gasteiger partial charge in [0, 0.05) is 25.6 Å². The van der Waals surface area contributed by atoms with Crippen LogP contribution in [0.1, 0.15) is 39.4 Å². The molecular formula is C55H59N7O13S7. The highest BCUT2D eigenvalue weighted by molar-refractivity contribution is 7.92. The van der Waals surface area contributed by atoms with Crippen molar-refractivity contribution in [2.45, 2.75) is 30.8 Å². The molecule has 82 heavy (non-hydrogen) atoms. The molecule has 27 heteroatoms. The lowest BCUT2D eigenvalue weighted by atomic mass is 10.1. The van der Waals surface area contributed by atoms with E-state index in [4.69, 9.17) is 20.3 Å². The monoisotopic (exact) mass is 1250 g/mol. The lowest BCUT2D eigenvalue weighted by Crippen LogP contribution is -2.37. The molecule has 7 N–H and O–H groups in total. The lowest BCUT2D eigenvalue weighted by molar-refractivity contribution is -0.143. The van der Waals surface area contributed by atoms with Gasteiger partial charge in [0.1, 0.15) is 15.0 Å². The summed E-state index contributed by atoms with van der Waals surface area (Å²) in [5, 5.41) is 10.0. The first-order chi connectivity index (χ1) is 38.8. The number of carbonyl (C=O) groups is 3. The number of ether oxygens (including phenoxy) is 2. The van der Waals surface area contributed by atoms with E-state index in [1.165, 1.54) is 16.9 Å². The van der Waals surface area contributed by atoms with Gasteiger partial charge in [-0.2, -0.15) is 0 Å². The Morgan fingerprint density at radius 1 is 0.512 bits per heavy atom. The van der Waals surface area contributed by atoms with Gasteiger partial charge in [-0.15, -0.1) is 34.0 Å². The van der Waals surface area contributed by atoms with E-state index in [9.17, 15) is 48.1 Å². The van der Waals surface area contributed by atoms with Crippen LogP contribution in [0.25, 0.3) is 64.0 Å². The fourth-order valence-corrected chi connectivity index (χ4v) is 14.4. The van der Waals surface area contributed by atoms with Crippen LogP contribution in [0.15, 0.2) is 146 Å². The minimum absolute atomic E-state index is 0.0961. The Hall–Kier alpha value is -6.92. The van der Waals surface area contributed by atoms with Crippen LogP contribution in [0.4, 0.5) is 0 Å². The maximum Gasteiger partial charge on any atom is 0.331 e. The summed E-state index contributed by atoms with van der Waals surface area (Å²) < 4.78 is 103. The average Bonchev–Trinajstić information content (AvgIpc) is 4.33. The van der Waals surface area contributed by atoms with E-state index in [0.717, 1.165) is 76.3 Å². The summed E-state index contributed by atoms with van der Waals surface area (Å²) in [5.74, 6) is -2.46. The maximum absolute atomic E-state index is 12.5. The summed E-state index contributed by atoms with van der Waals surface area (Å²) in [6, 6.07) is 47.2. The minimum atomic E-state index is -3.84. The predicted octanol–water partition coefficient (Wildman–Crippen LogP) is 7.37. The van der Waals surface area contributed by atoms with Crippen LogP contribution in [0.3, 0.4) is 0 Å². The number of amides is 1. The van der Waals surface area contributed by atoms with Crippen LogP contribution in [0, 0.1) is 0 Å². The highest BCUT2D eigenvalue weighted by atomic mass is 32.2. The van der Waals surface area contributed by atoms with Crippen molar-refractivity contribution in [3.63, 3.8) is 0 Å². The molecule has 0 saturated carbocycles. The number of sulfonamides is 2. The van der Waals surface area contributed by atoms with Crippen LogP contribution in [-0.2, 0) is 70.0 Å². The second kappa shape index (κ2) is 28.9. The van der Waals surface area contributed by atoms with Crippen LogP contribution in [0.5, 0.6) is 0 Å². The van der Waals surface area contributed by atoms with E-state index in [1.54, 1.807) is 24.3 Å². The predicted molar refractivity (Wildman–Crippen MR) is 325 cm³/mol. The number of benzene rings is 6. The summed E-state index contributed by atoms with van der Waals surface area (Å²) in [4.78, 5) is 49.3. The molecule has 0 radical (unpaired) electrons. The first-order valence-electron chi connectivity index (χ1n) is 24.8. The Bertz CT molecular complexity index is 4130. The van der Waals surface area contributed by atoms with Crippen LogP contribution in [-0.4, -0.2) is 117 Å². The zero-order chi connectivity index (χ0) is 59.8. The van der Waals surface area contributed by atoms with Crippen molar-refractivity contribution in [2.24, 2.45) is 16.0 Å². The zero-order valence-electron chi connectivity index (χ0n) is 44.7. The number of thiazole rings is 3. The third-order valence-electron chi connectivity index (χ3n) is 11.3. The number of esters is 2. The fraction of sp³-hybridized carbons (Fsp3) is 0.236. The molecule has 2 unspecified atom stereocenters. The normalized spacial score (nSPS) is 12.4. The highest BCUT2D eigenvalue weighted by Gasteiger charge is 2.36. The number of fused-ring (bicyclic) bond motifs is 3. The number of hydrogen-bond donors (Lipinski definition) is 4. The van der Waals surface area contributed by atoms with E-state index in [-0.39, 0.29) is 47.9 Å². The van der Waals surface area contributed by atoms with Crippen molar-refractivity contribution in [3.8, 4) is 33.4 Å². The topological polar surface area (TPSA) is 335 Å². The summed E-state index contributed by atoms with van der Waals surface area (Å²) in [5.41, 5.74) is 13.4. The number of aromatic nitrogens is 3. The van der Waals surface area contributed by atoms with Crippen molar-refractivity contribution in [2.75, 3.05) is 50.3 Å². The Morgan fingerprint density at radius 2 is 0.902 bits per heavy atom. The number of hydrogen-bond acceptors (Lipinski definition) is 20. The molecule has 9 rings (SSSR count). The van der Waals surface area contributed by atoms with Crippen molar-refractivity contribution >= 4 is 122 Å². The van der Waals surface area contributed by atoms with Crippen LogP contribution < -0.4 is 21.3 Å². The number of sulfone groups is 2. The quantitative estimate of drug-likeness (QED) is 0.0609. The molecule has 434 valence electrons. The molecule has 0 bridgehead atoms. The third-order valence-corrected chi connectivity index (χ3v) is 18.9. The first kappa shape index (κ1) is 64.3. The van der Waals surface area contributed by atoms with Crippen molar-refractivity contribution in [1.82, 2.24) is 20.3 Å². The molecule has 6 aromatic carbocycles. The van der Waals surface area contributed by atoms with Gasteiger partial charge in [0.15, 0.2) is 24.9 Å². The van der Waals surface area contributed by atoms with E-state index < -0.39 is 67.9 Å². The van der Waals surface area contributed by atoms with Gasteiger partial charge >= 0.3 is 11.9 Å². The molecule has 2 atom stereocenters. The number of nitrogens with one attached hydrogen (secondary N) is 1. The number of nitrogens with zero attached hydrogens (tertiary/aromatic N) is 3. The largest absolute Gasteiger partial charge is 0.466 e. The Morgan fingerprint density at radius 3 is 1.27 bits per heavy atom. The Kier molecular flexibility index (Phi) is 22.6. The van der Waals surface area contributed by atoms with E-state index in [1.807, 2.05) is 122 Å². The SMILES string of the molecule is CCOC(=O)C(c1nc2ccc(-c3ccccc3)cc2s1)S(C)(=O)=O.CCOC(=O)Cc1nc2ccc(-c3ccccc3)cc2s1.CS(=O)(=O)C(C(=O)NCCS(N)(=O)=O)c1nc2ccc(-c3ccccc3)cc2s1.NCCS(N)(=O)=O. The molecule has 1 amide bonds. The molecule has 3 heterocycles. The molecule has 20 nitrogen and oxygen atoms in total. The van der Waals surface area contributed by atoms with Gasteiger partial charge in [-0.25, -0.2) is 58.9 Å². The van der Waals surface area contributed by atoms with Gasteiger partial charge < -0.3 is 20.5 Å². The standard InChI is InChI=1S/C18H19N3O5S3.C18H17NO4S2.C17H15NO2S.C2H8N2O2S/c1-28(23,24)16(17(22)20-9-10-29(19,25)26)18-21-14-8-7-13(11-15(14)27-18)12-5-3-2-4-6-12;1-3-23-18(20)16(25(2,21)22)17-19-14-10-9-13(11-15(14)24-17)12-7-5-4-6-8-12;1-2-20-17(19)11-16-18-14-9-8-13(10-15(14)21-16)12-6-4-3-5-7-12;3-1-2-7(4,5)6/h2-8,11,16H,9-10H2,1H3,(H,20,22)(H2,19,25,26);4-11,16H,3H2,1-2H3;3-10H,2,11H2,1H3;1-3H2,(H2,4,5,6). The van der Waals surface area contributed by atoms with Gasteiger partial charge in [0.05, 0.1) is 61.8 Å². The second-order valence-electron chi connectivity index (χ2n) is 17.8. The Labute approximate surface area is 487 Å². The smallest absolute Gasteiger partial charge is 0.331 e. The van der Waals surface area contributed by atoms with Gasteiger partial charge in [0.25, 0.3) is 0 Å². The maximum atomic E-state index is 12.5. The van der Waals surface area contributed by atoms with Crippen molar-refractivity contribution in [3.05, 3.63) is 161 Å². The minimum Gasteiger partial charge on any atom is -0.466 e. The van der Waals surface area contributed by atoms with E-state index >= 15 is 0 Å². The summed E-state index contributed by atoms with van der Waals surface area (Å²) in [7, 11) is -14.6. The average molecular weight is 1250 g/mol. The molecule has 0 spiro atoms. The fourth-order valence-electron chi connectivity index (χ4n) is 7.66.